The van der Waals surface area contributed by atoms with Crippen molar-refractivity contribution >= 4 is 5.91 Å². The number of unbranched alkanes of at least 4 members (excludes halogenated alkanes) is 14. The Bertz CT molecular complexity index is 511. The molecule has 1 amide bonds. The SMILES string of the molecule is CCCCCCCCCCCCCCCCCOOCCNC(=O)C[n+]1ccccc1. The van der Waals surface area contributed by atoms with Gasteiger partial charge in [0, 0.05) is 18.7 Å². The molecule has 0 spiro atoms. The van der Waals surface area contributed by atoms with Crippen LogP contribution in [0.3, 0.4) is 0 Å². The molecule has 178 valence electrons. The van der Waals surface area contributed by atoms with Gasteiger partial charge >= 0.3 is 0 Å². The van der Waals surface area contributed by atoms with E-state index in [2.05, 4.69) is 12.2 Å². The molecule has 1 rings (SSSR count). The summed E-state index contributed by atoms with van der Waals surface area (Å²) in [6.45, 7) is 4.07. The highest BCUT2D eigenvalue weighted by Crippen LogP contribution is 2.13. The van der Waals surface area contributed by atoms with Gasteiger partial charge in [0.15, 0.2) is 12.4 Å². The summed E-state index contributed by atoms with van der Waals surface area (Å²) in [6.07, 6.45) is 24.1. The average Bonchev–Trinajstić information content (AvgIpc) is 2.78. The van der Waals surface area contributed by atoms with Crippen molar-refractivity contribution in [3.05, 3.63) is 30.6 Å². The maximum Gasteiger partial charge on any atom is 0.286 e. The Kier molecular flexibility index (Phi) is 19.4. The molecule has 0 radical (unpaired) electrons. The molecule has 0 unspecified atom stereocenters. The van der Waals surface area contributed by atoms with Crippen molar-refractivity contribution in [3.8, 4) is 0 Å². The number of hydrogen-bond donors (Lipinski definition) is 1. The number of amides is 1. The predicted octanol–water partition coefficient (Wildman–Crippen LogP) is 5.91. The number of pyridine rings is 1. The van der Waals surface area contributed by atoms with Gasteiger partial charge in [-0.3, -0.25) is 4.79 Å². The molecule has 0 fully saturated rings. The zero-order valence-corrected chi connectivity index (χ0v) is 20.0. The second-order valence-electron chi connectivity index (χ2n) is 8.49. The van der Waals surface area contributed by atoms with Crippen LogP contribution in [0, 0.1) is 0 Å². The average molecular weight is 436 g/mol. The van der Waals surface area contributed by atoms with Gasteiger partial charge in [0.1, 0.15) is 0 Å². The third-order valence-corrected chi connectivity index (χ3v) is 5.53. The molecule has 0 atom stereocenters. The van der Waals surface area contributed by atoms with E-state index in [0.29, 0.717) is 26.3 Å². The number of aromatic nitrogens is 1. The van der Waals surface area contributed by atoms with Crippen LogP contribution in [0.25, 0.3) is 0 Å². The van der Waals surface area contributed by atoms with E-state index >= 15 is 0 Å². The van der Waals surface area contributed by atoms with E-state index < -0.39 is 0 Å². The second kappa shape index (κ2) is 21.8. The Morgan fingerprint density at radius 3 is 1.71 bits per heavy atom. The number of hydrogen-bond acceptors (Lipinski definition) is 3. The zero-order valence-electron chi connectivity index (χ0n) is 20.0. The maximum absolute atomic E-state index is 11.8. The molecule has 5 heteroatoms. The lowest BCUT2D eigenvalue weighted by atomic mass is 10.0. The van der Waals surface area contributed by atoms with Crippen molar-refractivity contribution in [1.29, 1.82) is 0 Å². The minimum Gasteiger partial charge on any atom is -0.348 e. The first-order chi connectivity index (χ1) is 15.3. The molecular formula is C26H47N2O3+. The van der Waals surface area contributed by atoms with Crippen molar-refractivity contribution in [2.24, 2.45) is 0 Å². The van der Waals surface area contributed by atoms with Crippen LogP contribution in [0.2, 0.25) is 0 Å². The summed E-state index contributed by atoms with van der Waals surface area (Å²) in [5.74, 6) is -0.0257. The van der Waals surface area contributed by atoms with Gasteiger partial charge < -0.3 is 5.32 Å². The molecule has 0 bridgehead atoms. The topological polar surface area (TPSA) is 51.4 Å². The summed E-state index contributed by atoms with van der Waals surface area (Å²) < 4.78 is 1.84. The van der Waals surface area contributed by atoms with Crippen molar-refractivity contribution in [2.45, 2.75) is 110 Å². The van der Waals surface area contributed by atoms with Crippen LogP contribution >= 0.6 is 0 Å². The fourth-order valence-corrected chi connectivity index (χ4v) is 3.64. The minimum absolute atomic E-state index is 0.0257. The molecule has 1 heterocycles. The van der Waals surface area contributed by atoms with Crippen molar-refractivity contribution in [3.63, 3.8) is 0 Å². The molecule has 5 nitrogen and oxygen atoms in total. The second-order valence-corrected chi connectivity index (χ2v) is 8.49. The van der Waals surface area contributed by atoms with Gasteiger partial charge in [-0.2, -0.15) is 4.57 Å². The lowest BCUT2D eigenvalue weighted by Gasteiger charge is -2.05. The first-order valence-corrected chi connectivity index (χ1v) is 12.8. The van der Waals surface area contributed by atoms with Crippen molar-refractivity contribution in [1.82, 2.24) is 5.32 Å². The maximum atomic E-state index is 11.8. The molecule has 0 aliphatic carbocycles. The number of nitrogens with zero attached hydrogens (tertiary/aromatic N) is 1. The third-order valence-electron chi connectivity index (χ3n) is 5.53. The van der Waals surface area contributed by atoms with Crippen LogP contribution in [0.4, 0.5) is 0 Å². The Balaban J connectivity index is 1.71. The zero-order chi connectivity index (χ0) is 22.2. The molecule has 1 aromatic rings. The van der Waals surface area contributed by atoms with Gasteiger partial charge in [-0.05, 0) is 6.42 Å². The molecule has 0 aromatic carbocycles. The number of carbonyl (C=O) groups excluding carboxylic acids is 1. The molecular weight excluding hydrogens is 388 g/mol. The van der Waals surface area contributed by atoms with E-state index in [1.54, 1.807) is 0 Å². The van der Waals surface area contributed by atoms with Gasteiger partial charge in [-0.25, -0.2) is 9.78 Å². The largest absolute Gasteiger partial charge is 0.348 e. The predicted molar refractivity (Wildman–Crippen MR) is 126 cm³/mol. The van der Waals surface area contributed by atoms with Gasteiger partial charge in [0.05, 0.1) is 13.2 Å². The fourth-order valence-electron chi connectivity index (χ4n) is 3.64. The van der Waals surface area contributed by atoms with Crippen molar-refractivity contribution in [2.75, 3.05) is 19.8 Å². The molecule has 0 aliphatic rings. The van der Waals surface area contributed by atoms with Crippen molar-refractivity contribution < 1.29 is 19.1 Å². The summed E-state index contributed by atoms with van der Waals surface area (Å²) in [5, 5.41) is 2.82. The normalized spacial score (nSPS) is 11.0. The van der Waals surface area contributed by atoms with Crippen LogP contribution in [0.5, 0.6) is 0 Å². The molecule has 0 saturated carbocycles. The Labute approximate surface area is 190 Å². The Hall–Kier alpha value is -1.46. The lowest BCUT2D eigenvalue weighted by Crippen LogP contribution is -2.43. The van der Waals surface area contributed by atoms with Gasteiger partial charge in [-0.1, -0.05) is 103 Å². The van der Waals surface area contributed by atoms with Crippen LogP contribution in [0.1, 0.15) is 103 Å². The number of nitrogens with one attached hydrogen (secondary N) is 1. The fraction of sp³-hybridized carbons (Fsp3) is 0.769. The third kappa shape index (κ3) is 19.0. The highest BCUT2D eigenvalue weighted by Gasteiger charge is 2.07. The van der Waals surface area contributed by atoms with E-state index in [0.717, 1.165) is 6.42 Å². The number of rotatable bonds is 22. The summed E-state index contributed by atoms with van der Waals surface area (Å²) >= 11 is 0. The van der Waals surface area contributed by atoms with Crippen LogP contribution in [-0.2, 0) is 21.1 Å². The first-order valence-electron chi connectivity index (χ1n) is 12.8. The summed E-state index contributed by atoms with van der Waals surface area (Å²) in [4.78, 5) is 22.1. The van der Waals surface area contributed by atoms with E-state index in [-0.39, 0.29) is 5.91 Å². The monoisotopic (exact) mass is 435 g/mol. The standard InChI is InChI=1S/C26H46N2O3/c1-2-3-4-5-6-7-8-9-10-11-12-13-14-15-19-23-30-31-24-20-27-26(29)25-28-21-17-16-18-22-28/h16-18,21-22H,2-15,19-20,23-25H2,1H3/p+1. The quantitative estimate of drug-likeness (QED) is 0.107. The van der Waals surface area contributed by atoms with Gasteiger partial charge in [0.25, 0.3) is 5.91 Å². The highest BCUT2D eigenvalue weighted by molar-refractivity contribution is 5.74. The first kappa shape index (κ1) is 27.6. The minimum atomic E-state index is -0.0257. The van der Waals surface area contributed by atoms with E-state index in [9.17, 15) is 4.79 Å². The number of carbonyl (C=O) groups is 1. The van der Waals surface area contributed by atoms with E-state index in [4.69, 9.17) is 9.78 Å². The summed E-state index contributed by atoms with van der Waals surface area (Å²) in [5.41, 5.74) is 0. The molecule has 1 aromatic heterocycles. The molecule has 31 heavy (non-hydrogen) atoms. The van der Waals surface area contributed by atoms with E-state index in [1.807, 2.05) is 35.2 Å². The van der Waals surface area contributed by atoms with Gasteiger partial charge in [-0.15, -0.1) is 0 Å². The van der Waals surface area contributed by atoms with Crippen LogP contribution in [0.15, 0.2) is 30.6 Å². The molecule has 0 saturated heterocycles. The molecule has 1 N–H and O–H groups in total. The summed E-state index contributed by atoms with van der Waals surface area (Å²) in [6, 6.07) is 5.74. The smallest absolute Gasteiger partial charge is 0.286 e. The lowest BCUT2D eigenvalue weighted by molar-refractivity contribution is -0.684. The van der Waals surface area contributed by atoms with Crippen LogP contribution in [-0.4, -0.2) is 25.7 Å². The van der Waals surface area contributed by atoms with Gasteiger partial charge in [0.2, 0.25) is 6.54 Å². The molecule has 0 aliphatic heterocycles. The Morgan fingerprint density at radius 1 is 0.677 bits per heavy atom. The Morgan fingerprint density at radius 2 is 1.16 bits per heavy atom. The van der Waals surface area contributed by atoms with Crippen LogP contribution < -0.4 is 9.88 Å². The van der Waals surface area contributed by atoms with E-state index in [1.165, 1.54) is 89.9 Å². The highest BCUT2D eigenvalue weighted by atomic mass is 17.2. The summed E-state index contributed by atoms with van der Waals surface area (Å²) in [7, 11) is 0.